The van der Waals surface area contributed by atoms with E-state index in [1.165, 1.54) is 6.07 Å². The highest BCUT2D eigenvalue weighted by molar-refractivity contribution is 6.12. The average Bonchev–Trinajstić information content (AvgIpc) is 3.18. The van der Waals surface area contributed by atoms with Gasteiger partial charge in [-0.2, -0.15) is 0 Å². The van der Waals surface area contributed by atoms with Gasteiger partial charge in [0.2, 0.25) is 0 Å². The van der Waals surface area contributed by atoms with Crippen LogP contribution >= 0.6 is 0 Å². The molecule has 6 heteroatoms. The van der Waals surface area contributed by atoms with Gasteiger partial charge in [-0.1, -0.05) is 32.0 Å². The van der Waals surface area contributed by atoms with Crippen LogP contribution in [0.3, 0.4) is 0 Å². The molecule has 0 aromatic heterocycles. The standard InChI is InChI=1S/C24H28FNO4/c1-14-20(23(28)30-13-15-7-6-10-29-15)21(16-8-4-5-9-17(16)25)22-18(26-14)11-24(2,3)12-19(22)27/h4-5,8-9,15,21-22H,6-7,10-13H2,1-3H3/t15-,21-,22-/m0/s1. The fraction of sp³-hybridized carbons (Fsp3) is 0.542. The maximum Gasteiger partial charge on any atom is 0.336 e. The Morgan fingerprint density at radius 2 is 2.03 bits per heavy atom. The molecule has 30 heavy (non-hydrogen) atoms. The lowest BCUT2D eigenvalue weighted by Gasteiger charge is -2.41. The van der Waals surface area contributed by atoms with Crippen molar-refractivity contribution >= 4 is 17.5 Å². The maximum absolute atomic E-state index is 14.9. The Balaban J connectivity index is 1.74. The van der Waals surface area contributed by atoms with Gasteiger partial charge in [-0.05, 0) is 43.2 Å². The van der Waals surface area contributed by atoms with Gasteiger partial charge in [0.25, 0.3) is 0 Å². The Hall–Kier alpha value is -2.34. The number of Topliss-reactive ketones (excluding diaryl/α,β-unsaturated/α-hetero) is 1. The van der Waals surface area contributed by atoms with E-state index in [4.69, 9.17) is 9.47 Å². The number of ketones is 1. The first-order chi connectivity index (χ1) is 14.3. The Labute approximate surface area is 176 Å². The summed E-state index contributed by atoms with van der Waals surface area (Å²) in [6.45, 7) is 6.63. The quantitative estimate of drug-likeness (QED) is 0.688. The van der Waals surface area contributed by atoms with Gasteiger partial charge < -0.3 is 9.47 Å². The predicted molar refractivity (Wildman–Crippen MR) is 111 cm³/mol. The van der Waals surface area contributed by atoms with Crippen molar-refractivity contribution in [3.05, 3.63) is 46.9 Å². The molecule has 3 aliphatic rings. The first-order valence-electron chi connectivity index (χ1n) is 10.6. The van der Waals surface area contributed by atoms with Gasteiger partial charge in [-0.25, -0.2) is 9.18 Å². The summed E-state index contributed by atoms with van der Waals surface area (Å²) in [6.07, 6.45) is 2.70. The number of benzene rings is 1. The van der Waals surface area contributed by atoms with Gasteiger partial charge in [0.15, 0.2) is 0 Å². The van der Waals surface area contributed by atoms with Crippen molar-refractivity contribution in [2.75, 3.05) is 13.2 Å². The van der Waals surface area contributed by atoms with Crippen LogP contribution in [0.15, 0.2) is 40.5 Å². The molecular formula is C24H28FNO4. The number of nitrogens with zero attached hydrogens (tertiary/aromatic N) is 1. The molecule has 1 saturated carbocycles. The van der Waals surface area contributed by atoms with Crippen LogP contribution in [0.5, 0.6) is 0 Å². The Bertz CT molecular complexity index is 927. The van der Waals surface area contributed by atoms with Gasteiger partial charge in [-0.15, -0.1) is 0 Å². The summed E-state index contributed by atoms with van der Waals surface area (Å²) >= 11 is 0. The van der Waals surface area contributed by atoms with Crippen LogP contribution < -0.4 is 0 Å². The summed E-state index contributed by atoms with van der Waals surface area (Å²) in [5.41, 5.74) is 1.64. The third-order valence-corrected chi connectivity index (χ3v) is 6.25. The van der Waals surface area contributed by atoms with Crippen molar-refractivity contribution in [2.24, 2.45) is 16.3 Å². The van der Waals surface area contributed by atoms with Crippen molar-refractivity contribution in [1.82, 2.24) is 0 Å². The third kappa shape index (κ3) is 3.97. The van der Waals surface area contributed by atoms with E-state index in [1.807, 2.05) is 13.8 Å². The smallest absolute Gasteiger partial charge is 0.336 e. The monoisotopic (exact) mass is 413 g/mol. The van der Waals surface area contributed by atoms with E-state index in [-0.39, 0.29) is 29.5 Å². The number of aliphatic imine (C=N–C) groups is 1. The number of hydrogen-bond donors (Lipinski definition) is 0. The summed E-state index contributed by atoms with van der Waals surface area (Å²) in [4.78, 5) is 31.0. The summed E-state index contributed by atoms with van der Waals surface area (Å²) < 4.78 is 26.0. The maximum atomic E-state index is 14.9. The molecule has 2 aliphatic heterocycles. The highest BCUT2D eigenvalue weighted by atomic mass is 19.1. The van der Waals surface area contributed by atoms with Gasteiger partial charge in [0, 0.05) is 30.4 Å². The van der Waals surface area contributed by atoms with Crippen molar-refractivity contribution < 1.29 is 23.5 Å². The van der Waals surface area contributed by atoms with E-state index in [0.717, 1.165) is 18.6 Å². The highest BCUT2D eigenvalue weighted by Crippen LogP contribution is 2.47. The van der Waals surface area contributed by atoms with Crippen LogP contribution in [-0.2, 0) is 19.1 Å². The fourth-order valence-corrected chi connectivity index (χ4v) is 4.94. The largest absolute Gasteiger partial charge is 0.460 e. The molecule has 1 aromatic rings. The number of fused-ring (bicyclic) bond motifs is 1. The summed E-state index contributed by atoms with van der Waals surface area (Å²) in [7, 11) is 0. The van der Waals surface area contributed by atoms with E-state index in [1.54, 1.807) is 25.1 Å². The molecule has 2 fully saturated rings. The Morgan fingerprint density at radius 3 is 2.73 bits per heavy atom. The topological polar surface area (TPSA) is 65.0 Å². The van der Waals surface area contributed by atoms with E-state index in [2.05, 4.69) is 4.99 Å². The molecule has 4 rings (SSSR count). The third-order valence-electron chi connectivity index (χ3n) is 6.25. The van der Waals surface area contributed by atoms with Gasteiger partial charge in [0.05, 0.1) is 17.6 Å². The molecule has 2 heterocycles. The average molecular weight is 413 g/mol. The number of esters is 1. The summed E-state index contributed by atoms with van der Waals surface area (Å²) in [5.74, 6) is -2.34. The molecule has 0 unspecified atom stereocenters. The highest BCUT2D eigenvalue weighted by Gasteiger charge is 2.48. The number of carbonyl (C=O) groups excluding carboxylic acids is 2. The van der Waals surface area contributed by atoms with Crippen LogP contribution in [0.25, 0.3) is 0 Å². The fourth-order valence-electron chi connectivity index (χ4n) is 4.94. The minimum Gasteiger partial charge on any atom is -0.460 e. The van der Waals surface area contributed by atoms with Gasteiger partial charge >= 0.3 is 5.97 Å². The molecule has 1 aliphatic carbocycles. The molecule has 1 saturated heterocycles. The summed E-state index contributed by atoms with van der Waals surface area (Å²) in [6, 6.07) is 6.35. The molecule has 0 amide bonds. The molecule has 0 radical (unpaired) electrons. The van der Waals surface area contributed by atoms with Crippen molar-refractivity contribution in [3.63, 3.8) is 0 Å². The van der Waals surface area contributed by atoms with E-state index < -0.39 is 23.6 Å². The molecule has 3 atom stereocenters. The zero-order chi connectivity index (χ0) is 21.5. The van der Waals surface area contributed by atoms with E-state index >= 15 is 0 Å². The second-order valence-electron chi connectivity index (χ2n) is 9.30. The predicted octanol–water partition coefficient (Wildman–Crippen LogP) is 4.37. The normalized spacial score (nSPS) is 28.2. The molecule has 0 N–H and O–H groups in total. The number of allylic oxidation sites excluding steroid dienone is 1. The van der Waals surface area contributed by atoms with Crippen LogP contribution in [-0.4, -0.2) is 36.8 Å². The molecular weight excluding hydrogens is 385 g/mol. The Kier molecular flexibility index (Phi) is 5.62. The van der Waals surface area contributed by atoms with E-state index in [9.17, 15) is 14.0 Å². The zero-order valence-electron chi connectivity index (χ0n) is 17.7. The van der Waals surface area contributed by atoms with Crippen LogP contribution in [0.2, 0.25) is 0 Å². The lowest BCUT2D eigenvalue weighted by Crippen LogP contribution is -2.44. The second-order valence-corrected chi connectivity index (χ2v) is 9.30. The van der Waals surface area contributed by atoms with Crippen molar-refractivity contribution in [3.8, 4) is 0 Å². The first-order valence-corrected chi connectivity index (χ1v) is 10.6. The summed E-state index contributed by atoms with van der Waals surface area (Å²) in [5, 5.41) is 0. The SMILES string of the molecule is CC1=C(C(=O)OC[C@@H]2CCCO2)[C@H](c2ccccc2F)[C@@H]2C(=O)CC(C)(C)CC2=N1. The zero-order valence-corrected chi connectivity index (χ0v) is 17.7. The lowest BCUT2D eigenvalue weighted by molar-refractivity contribution is -0.142. The lowest BCUT2D eigenvalue weighted by atomic mass is 9.63. The van der Waals surface area contributed by atoms with E-state index in [0.29, 0.717) is 30.7 Å². The number of ether oxygens (including phenoxy) is 2. The van der Waals surface area contributed by atoms with Crippen molar-refractivity contribution in [2.45, 2.75) is 58.5 Å². The minimum absolute atomic E-state index is 0.00446. The second kappa shape index (κ2) is 8.06. The Morgan fingerprint density at radius 1 is 1.27 bits per heavy atom. The van der Waals surface area contributed by atoms with Crippen LogP contribution in [0.1, 0.15) is 57.9 Å². The number of rotatable bonds is 4. The number of carbonyl (C=O) groups is 2. The van der Waals surface area contributed by atoms with Crippen LogP contribution in [0.4, 0.5) is 4.39 Å². The van der Waals surface area contributed by atoms with Gasteiger partial charge in [0.1, 0.15) is 18.2 Å². The van der Waals surface area contributed by atoms with Crippen LogP contribution in [0, 0.1) is 17.2 Å². The number of hydrogen-bond acceptors (Lipinski definition) is 5. The molecule has 1 aromatic carbocycles. The number of halogens is 1. The first kappa shape index (κ1) is 20.9. The molecule has 160 valence electrons. The molecule has 0 spiro atoms. The molecule has 5 nitrogen and oxygen atoms in total. The molecule has 0 bridgehead atoms. The van der Waals surface area contributed by atoms with Gasteiger partial charge in [-0.3, -0.25) is 9.79 Å². The van der Waals surface area contributed by atoms with Crippen molar-refractivity contribution in [1.29, 1.82) is 0 Å². The minimum atomic E-state index is -0.723.